The minimum absolute atomic E-state index is 0.159. The lowest BCUT2D eigenvalue weighted by Crippen LogP contribution is -2.54. The van der Waals surface area contributed by atoms with Gasteiger partial charge < -0.3 is 10.0 Å². The van der Waals surface area contributed by atoms with E-state index < -0.39 is 22.9 Å². The number of aromatic nitrogens is 4. The summed E-state index contributed by atoms with van der Waals surface area (Å²) in [6.45, 7) is 7.59. The average Bonchev–Trinajstić information content (AvgIpc) is 2.88. The summed E-state index contributed by atoms with van der Waals surface area (Å²) in [5, 5.41) is 15.2. The van der Waals surface area contributed by atoms with Crippen molar-refractivity contribution < 1.29 is 9.90 Å². The van der Waals surface area contributed by atoms with Gasteiger partial charge in [0.25, 0.3) is 5.56 Å². The van der Waals surface area contributed by atoms with Crippen molar-refractivity contribution in [3.05, 3.63) is 55.6 Å². The normalized spacial score (nSPS) is 22.4. The summed E-state index contributed by atoms with van der Waals surface area (Å²) in [4.78, 5) is 40.6. The van der Waals surface area contributed by atoms with E-state index in [2.05, 4.69) is 10.1 Å². The standard InChI is InChI=1S/C20H27N5O4/c1-12-10-25(19(28)21-18(12)27)16-11-24(9-8-20(16,4)29)17(26)7-6-15-13(2)22-23(5)14(15)3/h6-7,10,16,29H,8-9,11H2,1-5H3,(H,21,27,28)/b7-6+/t16-,20-/m1/s1. The van der Waals surface area contributed by atoms with Crippen LogP contribution in [0.25, 0.3) is 6.08 Å². The van der Waals surface area contributed by atoms with Gasteiger partial charge in [0.15, 0.2) is 0 Å². The molecule has 9 nitrogen and oxygen atoms in total. The van der Waals surface area contributed by atoms with E-state index in [1.807, 2.05) is 20.9 Å². The molecule has 0 radical (unpaired) electrons. The molecule has 2 aromatic rings. The quantitative estimate of drug-likeness (QED) is 0.725. The molecule has 3 rings (SSSR count). The lowest BCUT2D eigenvalue weighted by Gasteiger charge is -2.43. The van der Waals surface area contributed by atoms with Crippen LogP contribution in [-0.4, -0.2) is 53.9 Å². The maximum absolute atomic E-state index is 12.8. The van der Waals surface area contributed by atoms with Crippen LogP contribution in [-0.2, 0) is 11.8 Å². The van der Waals surface area contributed by atoms with Crippen LogP contribution in [0.5, 0.6) is 0 Å². The van der Waals surface area contributed by atoms with E-state index in [1.165, 1.54) is 16.8 Å². The Balaban J connectivity index is 1.86. The molecular formula is C20H27N5O4. The van der Waals surface area contributed by atoms with Gasteiger partial charge >= 0.3 is 5.69 Å². The van der Waals surface area contributed by atoms with E-state index in [9.17, 15) is 19.5 Å². The number of rotatable bonds is 3. The van der Waals surface area contributed by atoms with E-state index in [1.54, 1.807) is 29.5 Å². The second-order valence-corrected chi connectivity index (χ2v) is 7.93. The number of hydrogen-bond donors (Lipinski definition) is 2. The molecule has 9 heteroatoms. The van der Waals surface area contributed by atoms with Gasteiger partial charge in [-0.05, 0) is 40.2 Å². The van der Waals surface area contributed by atoms with Gasteiger partial charge in [0.05, 0.1) is 17.3 Å². The molecule has 2 N–H and O–H groups in total. The van der Waals surface area contributed by atoms with Gasteiger partial charge in [0, 0.05) is 49.2 Å². The Kier molecular flexibility index (Phi) is 5.36. The number of nitrogens with zero attached hydrogens (tertiary/aromatic N) is 4. The van der Waals surface area contributed by atoms with E-state index >= 15 is 0 Å². The number of hydrogen-bond acceptors (Lipinski definition) is 5. The first kappa shape index (κ1) is 20.8. The fraction of sp³-hybridized carbons (Fsp3) is 0.500. The Bertz CT molecular complexity index is 1090. The number of nitrogens with one attached hydrogen (secondary N) is 1. The van der Waals surface area contributed by atoms with Crippen molar-refractivity contribution in [3.63, 3.8) is 0 Å². The molecule has 156 valence electrons. The van der Waals surface area contributed by atoms with Crippen LogP contribution in [0.1, 0.15) is 41.9 Å². The molecule has 2 aromatic heterocycles. The van der Waals surface area contributed by atoms with Crippen LogP contribution in [0.3, 0.4) is 0 Å². The zero-order valence-electron chi connectivity index (χ0n) is 17.4. The number of carbonyl (C=O) groups is 1. The molecule has 29 heavy (non-hydrogen) atoms. The molecule has 1 aliphatic rings. The monoisotopic (exact) mass is 401 g/mol. The fourth-order valence-corrected chi connectivity index (χ4v) is 3.72. The van der Waals surface area contributed by atoms with Gasteiger partial charge in [-0.2, -0.15) is 5.10 Å². The van der Waals surface area contributed by atoms with Crippen LogP contribution in [0.2, 0.25) is 0 Å². The second kappa shape index (κ2) is 7.47. The molecule has 0 bridgehead atoms. The Morgan fingerprint density at radius 3 is 2.66 bits per heavy atom. The van der Waals surface area contributed by atoms with Gasteiger partial charge in [0.1, 0.15) is 0 Å². The maximum atomic E-state index is 12.8. The molecular weight excluding hydrogens is 374 g/mol. The van der Waals surface area contributed by atoms with E-state index in [0.29, 0.717) is 18.5 Å². The van der Waals surface area contributed by atoms with E-state index in [4.69, 9.17) is 0 Å². The fourth-order valence-electron chi connectivity index (χ4n) is 3.72. The van der Waals surface area contributed by atoms with Crippen LogP contribution in [0.4, 0.5) is 0 Å². The number of likely N-dealkylation sites (tertiary alicyclic amines) is 1. The minimum atomic E-state index is -1.19. The first-order valence-corrected chi connectivity index (χ1v) is 9.53. The molecule has 0 spiro atoms. The van der Waals surface area contributed by atoms with Crippen molar-refractivity contribution >= 4 is 12.0 Å². The van der Waals surface area contributed by atoms with Crippen LogP contribution in [0, 0.1) is 20.8 Å². The molecule has 1 saturated heterocycles. The zero-order valence-corrected chi connectivity index (χ0v) is 17.4. The average molecular weight is 401 g/mol. The number of piperidine rings is 1. The molecule has 1 fully saturated rings. The van der Waals surface area contributed by atoms with Gasteiger partial charge in [-0.3, -0.25) is 23.8 Å². The number of aromatic amines is 1. The van der Waals surface area contributed by atoms with Crippen molar-refractivity contribution in [1.82, 2.24) is 24.2 Å². The molecule has 0 aliphatic carbocycles. The van der Waals surface area contributed by atoms with Crippen LogP contribution >= 0.6 is 0 Å². The summed E-state index contributed by atoms with van der Waals surface area (Å²) >= 11 is 0. The lowest BCUT2D eigenvalue weighted by atomic mass is 9.88. The van der Waals surface area contributed by atoms with Crippen molar-refractivity contribution in [2.24, 2.45) is 7.05 Å². The summed E-state index contributed by atoms with van der Waals surface area (Å²) in [6, 6.07) is -0.668. The highest BCUT2D eigenvalue weighted by atomic mass is 16.3. The zero-order chi connectivity index (χ0) is 21.5. The molecule has 0 aromatic carbocycles. The number of amides is 1. The van der Waals surface area contributed by atoms with Crippen molar-refractivity contribution in [2.45, 2.75) is 45.8 Å². The third-order valence-corrected chi connectivity index (χ3v) is 5.75. The van der Waals surface area contributed by atoms with E-state index in [-0.39, 0.29) is 12.5 Å². The number of H-pyrrole nitrogens is 1. The molecule has 1 amide bonds. The minimum Gasteiger partial charge on any atom is -0.388 e. The Morgan fingerprint density at radius 1 is 1.34 bits per heavy atom. The van der Waals surface area contributed by atoms with Crippen molar-refractivity contribution in [2.75, 3.05) is 13.1 Å². The molecule has 3 heterocycles. The number of carbonyl (C=O) groups excluding carboxylic acids is 1. The Labute approximate surface area is 168 Å². The predicted molar refractivity (Wildman–Crippen MR) is 109 cm³/mol. The van der Waals surface area contributed by atoms with Crippen molar-refractivity contribution in [3.8, 4) is 0 Å². The topological polar surface area (TPSA) is 113 Å². The first-order valence-electron chi connectivity index (χ1n) is 9.53. The van der Waals surface area contributed by atoms with Gasteiger partial charge in [-0.1, -0.05) is 0 Å². The van der Waals surface area contributed by atoms with Gasteiger partial charge in [-0.15, -0.1) is 0 Å². The molecule has 1 aliphatic heterocycles. The highest BCUT2D eigenvalue weighted by Gasteiger charge is 2.40. The Hall–Kier alpha value is -2.94. The van der Waals surface area contributed by atoms with Gasteiger partial charge in [-0.25, -0.2) is 4.79 Å². The second-order valence-electron chi connectivity index (χ2n) is 7.93. The van der Waals surface area contributed by atoms with E-state index in [0.717, 1.165) is 17.0 Å². The molecule has 0 unspecified atom stereocenters. The third kappa shape index (κ3) is 3.95. The maximum Gasteiger partial charge on any atom is 0.328 e. The summed E-state index contributed by atoms with van der Waals surface area (Å²) < 4.78 is 3.08. The first-order chi connectivity index (χ1) is 13.5. The summed E-state index contributed by atoms with van der Waals surface area (Å²) in [5.41, 5.74) is 0.813. The number of aryl methyl sites for hydroxylation is 3. The summed E-state index contributed by atoms with van der Waals surface area (Å²) in [5.74, 6) is -0.206. The highest BCUT2D eigenvalue weighted by molar-refractivity contribution is 5.92. The largest absolute Gasteiger partial charge is 0.388 e. The third-order valence-electron chi connectivity index (χ3n) is 5.75. The summed E-state index contributed by atoms with van der Waals surface area (Å²) in [6.07, 6.45) is 4.99. The lowest BCUT2D eigenvalue weighted by molar-refractivity contribution is -0.132. The number of aliphatic hydroxyl groups is 1. The highest BCUT2D eigenvalue weighted by Crippen LogP contribution is 2.31. The smallest absolute Gasteiger partial charge is 0.328 e. The summed E-state index contributed by atoms with van der Waals surface area (Å²) in [7, 11) is 1.85. The molecule has 0 saturated carbocycles. The van der Waals surface area contributed by atoms with Crippen LogP contribution in [0.15, 0.2) is 21.9 Å². The van der Waals surface area contributed by atoms with Gasteiger partial charge in [0.2, 0.25) is 5.91 Å². The Morgan fingerprint density at radius 2 is 2.03 bits per heavy atom. The molecule has 2 atom stereocenters. The predicted octanol–water partition coefficient (Wildman–Crippen LogP) is 0.433. The van der Waals surface area contributed by atoms with Crippen LogP contribution < -0.4 is 11.2 Å². The SMILES string of the molecule is Cc1nn(C)c(C)c1/C=C/C(=O)N1CC[C@@](C)(O)[C@H](n2cc(C)c(=O)[nH]c2=O)C1. The van der Waals surface area contributed by atoms with Crippen molar-refractivity contribution in [1.29, 1.82) is 0 Å².